The Bertz CT molecular complexity index is 808. The summed E-state index contributed by atoms with van der Waals surface area (Å²) < 4.78 is 11.3. The van der Waals surface area contributed by atoms with Gasteiger partial charge in [-0.3, -0.25) is 9.59 Å². The highest BCUT2D eigenvalue weighted by Gasteiger charge is 2.31. The van der Waals surface area contributed by atoms with Crippen LogP contribution in [0, 0.1) is 5.92 Å². The summed E-state index contributed by atoms with van der Waals surface area (Å²) in [7, 11) is 0. The van der Waals surface area contributed by atoms with Gasteiger partial charge in [0, 0.05) is 12.1 Å². The van der Waals surface area contributed by atoms with E-state index in [9.17, 15) is 9.59 Å². The number of amides is 1. The Hall–Kier alpha value is -2.70. The zero-order valence-electron chi connectivity index (χ0n) is 16.4. The Labute approximate surface area is 170 Å². The molecule has 0 radical (unpaired) electrons. The van der Waals surface area contributed by atoms with Crippen LogP contribution >= 0.6 is 0 Å². The normalized spacial score (nSPS) is 18.5. The summed E-state index contributed by atoms with van der Waals surface area (Å²) in [5.74, 6) is -1.19. The van der Waals surface area contributed by atoms with Gasteiger partial charge in [0.1, 0.15) is 0 Å². The summed E-state index contributed by atoms with van der Waals surface area (Å²) in [6, 6.07) is 17.8. The molecular weight excluding hydrogens is 370 g/mol. The first kappa shape index (κ1) is 21.0. The molecule has 1 aliphatic heterocycles. The third-order valence-corrected chi connectivity index (χ3v) is 4.97. The van der Waals surface area contributed by atoms with E-state index in [1.165, 1.54) is 5.56 Å². The van der Waals surface area contributed by atoms with Gasteiger partial charge in [-0.15, -0.1) is 0 Å². The van der Waals surface area contributed by atoms with Crippen molar-refractivity contribution in [2.24, 2.45) is 5.92 Å². The highest BCUT2D eigenvalue weighted by Crippen LogP contribution is 2.24. The molecule has 0 saturated carbocycles. The monoisotopic (exact) mass is 397 g/mol. The lowest BCUT2D eigenvalue weighted by molar-refractivity contribution is -0.137. The van der Waals surface area contributed by atoms with Gasteiger partial charge in [0.05, 0.1) is 31.8 Å². The highest BCUT2D eigenvalue weighted by molar-refractivity contribution is 5.92. The van der Waals surface area contributed by atoms with E-state index in [-0.39, 0.29) is 24.3 Å². The van der Waals surface area contributed by atoms with Crippen molar-refractivity contribution in [2.45, 2.75) is 38.4 Å². The summed E-state index contributed by atoms with van der Waals surface area (Å²) >= 11 is 0. The minimum absolute atomic E-state index is 0.0608. The zero-order valence-corrected chi connectivity index (χ0v) is 16.4. The number of carboxylic acids is 1. The highest BCUT2D eigenvalue weighted by atomic mass is 16.5. The minimum atomic E-state index is -0.843. The van der Waals surface area contributed by atoms with Crippen LogP contribution in [0.5, 0.6) is 0 Å². The van der Waals surface area contributed by atoms with Crippen molar-refractivity contribution in [3.63, 3.8) is 0 Å². The summed E-state index contributed by atoms with van der Waals surface area (Å²) in [5, 5.41) is 11.7. The van der Waals surface area contributed by atoms with Crippen LogP contribution < -0.4 is 5.32 Å². The maximum absolute atomic E-state index is 12.5. The number of hydrogen-bond acceptors (Lipinski definition) is 4. The second-order valence-corrected chi connectivity index (χ2v) is 7.30. The van der Waals surface area contributed by atoms with Crippen molar-refractivity contribution in [3.05, 3.63) is 65.7 Å². The van der Waals surface area contributed by atoms with E-state index >= 15 is 0 Å². The number of carbonyl (C=O) groups excluding carboxylic acids is 1. The Morgan fingerprint density at radius 2 is 1.90 bits per heavy atom. The number of ether oxygens (including phenoxy) is 2. The fourth-order valence-corrected chi connectivity index (χ4v) is 3.38. The van der Waals surface area contributed by atoms with Gasteiger partial charge >= 0.3 is 5.97 Å². The van der Waals surface area contributed by atoms with Crippen LogP contribution in [0.1, 0.15) is 30.4 Å². The molecule has 1 amide bonds. The topological polar surface area (TPSA) is 84.9 Å². The van der Waals surface area contributed by atoms with Gasteiger partial charge in [0.15, 0.2) is 0 Å². The number of anilines is 1. The van der Waals surface area contributed by atoms with Crippen LogP contribution in [0.4, 0.5) is 5.69 Å². The number of hydrogen-bond donors (Lipinski definition) is 2. The average molecular weight is 397 g/mol. The number of aliphatic carboxylic acids is 1. The van der Waals surface area contributed by atoms with Crippen molar-refractivity contribution >= 4 is 17.6 Å². The van der Waals surface area contributed by atoms with Crippen molar-refractivity contribution in [2.75, 3.05) is 18.5 Å². The molecule has 1 heterocycles. The smallest absolute Gasteiger partial charge is 0.303 e. The summed E-state index contributed by atoms with van der Waals surface area (Å²) in [6.07, 6.45) is 1.76. The Morgan fingerprint density at radius 1 is 1.10 bits per heavy atom. The maximum atomic E-state index is 12.5. The van der Waals surface area contributed by atoms with Crippen molar-refractivity contribution < 1.29 is 24.2 Å². The number of carboxylic acid groups (broad SMARTS) is 1. The van der Waals surface area contributed by atoms with Gasteiger partial charge in [-0.25, -0.2) is 0 Å². The molecular formula is C23H27NO5. The lowest BCUT2D eigenvalue weighted by Crippen LogP contribution is -2.23. The molecule has 2 unspecified atom stereocenters. The van der Waals surface area contributed by atoms with Crippen LogP contribution in [0.25, 0.3) is 0 Å². The standard InChI is InChI=1S/C23H27NO5/c25-22(26)10-9-21-14-19(16-29-21)23(27)24-20-8-4-7-18(13-20)15-28-12-11-17-5-2-1-3-6-17/h1-8,13,19,21H,9-12,14-16H2,(H,24,27)(H,25,26). The summed E-state index contributed by atoms with van der Waals surface area (Å²) in [5.41, 5.74) is 2.97. The molecule has 1 saturated heterocycles. The molecule has 0 bridgehead atoms. The maximum Gasteiger partial charge on any atom is 0.303 e. The summed E-state index contributed by atoms with van der Waals surface area (Å²) in [4.78, 5) is 23.2. The average Bonchev–Trinajstić information content (AvgIpc) is 3.20. The van der Waals surface area contributed by atoms with E-state index in [0.717, 1.165) is 17.7 Å². The third kappa shape index (κ3) is 7.00. The van der Waals surface area contributed by atoms with E-state index in [2.05, 4.69) is 17.4 Å². The Kier molecular flexibility index (Phi) is 7.78. The molecule has 6 nitrogen and oxygen atoms in total. The van der Waals surface area contributed by atoms with Gasteiger partial charge in [-0.05, 0) is 42.5 Å². The first-order valence-electron chi connectivity index (χ1n) is 9.95. The van der Waals surface area contributed by atoms with Gasteiger partial charge in [0.25, 0.3) is 0 Å². The molecule has 154 valence electrons. The van der Waals surface area contributed by atoms with Gasteiger partial charge in [0.2, 0.25) is 5.91 Å². The van der Waals surface area contributed by atoms with Gasteiger partial charge < -0.3 is 19.9 Å². The quantitative estimate of drug-likeness (QED) is 0.598. The number of rotatable bonds is 10. The predicted octanol–water partition coefficient (Wildman–Crippen LogP) is 3.65. The third-order valence-electron chi connectivity index (χ3n) is 4.97. The van der Waals surface area contributed by atoms with Crippen LogP contribution in [0.3, 0.4) is 0 Å². The summed E-state index contributed by atoms with van der Waals surface area (Å²) in [6.45, 7) is 1.45. The lowest BCUT2D eigenvalue weighted by atomic mass is 10.0. The van der Waals surface area contributed by atoms with Crippen molar-refractivity contribution in [1.82, 2.24) is 0 Å². The number of nitrogens with one attached hydrogen (secondary N) is 1. The van der Waals surface area contributed by atoms with Crippen LogP contribution in [0.2, 0.25) is 0 Å². The van der Waals surface area contributed by atoms with E-state index < -0.39 is 5.97 Å². The van der Waals surface area contributed by atoms with E-state index in [4.69, 9.17) is 14.6 Å². The molecule has 29 heavy (non-hydrogen) atoms. The SMILES string of the molecule is O=C(O)CCC1CC(C(=O)Nc2cccc(COCCc3ccccc3)c2)CO1. The van der Waals surface area contributed by atoms with Crippen LogP contribution in [0.15, 0.2) is 54.6 Å². The lowest BCUT2D eigenvalue weighted by Gasteiger charge is -2.11. The molecule has 0 aliphatic carbocycles. The molecule has 0 spiro atoms. The molecule has 2 atom stereocenters. The fraction of sp³-hybridized carbons (Fsp3) is 0.391. The molecule has 0 aromatic heterocycles. The molecule has 2 aromatic rings. The molecule has 6 heteroatoms. The van der Waals surface area contributed by atoms with Crippen molar-refractivity contribution in [3.8, 4) is 0 Å². The molecule has 1 aliphatic rings. The van der Waals surface area contributed by atoms with E-state index in [1.54, 1.807) is 0 Å². The van der Waals surface area contributed by atoms with Gasteiger partial charge in [-0.1, -0.05) is 42.5 Å². The minimum Gasteiger partial charge on any atom is -0.481 e. The Morgan fingerprint density at radius 3 is 2.69 bits per heavy atom. The van der Waals surface area contributed by atoms with E-state index in [0.29, 0.717) is 32.7 Å². The number of carbonyl (C=O) groups is 2. The van der Waals surface area contributed by atoms with Crippen LogP contribution in [-0.2, 0) is 32.1 Å². The second-order valence-electron chi connectivity index (χ2n) is 7.30. The first-order valence-corrected chi connectivity index (χ1v) is 9.95. The molecule has 3 rings (SSSR count). The zero-order chi connectivity index (χ0) is 20.5. The predicted molar refractivity (Wildman–Crippen MR) is 110 cm³/mol. The van der Waals surface area contributed by atoms with Gasteiger partial charge in [-0.2, -0.15) is 0 Å². The Balaban J connectivity index is 1.42. The number of benzene rings is 2. The van der Waals surface area contributed by atoms with E-state index in [1.807, 2.05) is 42.5 Å². The molecule has 2 N–H and O–H groups in total. The largest absolute Gasteiger partial charge is 0.481 e. The van der Waals surface area contributed by atoms with Crippen molar-refractivity contribution in [1.29, 1.82) is 0 Å². The first-order chi connectivity index (χ1) is 14.1. The molecule has 2 aromatic carbocycles. The van der Waals surface area contributed by atoms with Crippen LogP contribution in [-0.4, -0.2) is 36.3 Å². The second kappa shape index (κ2) is 10.7. The molecule has 1 fully saturated rings. The fourth-order valence-electron chi connectivity index (χ4n) is 3.38.